The number of ether oxygens (including phenoxy) is 1. The largest absolute Gasteiger partial charge is 0.469 e. The third-order valence-electron chi connectivity index (χ3n) is 3.63. The lowest BCUT2D eigenvalue weighted by Gasteiger charge is -2.34. The van der Waals surface area contributed by atoms with Crippen LogP contribution in [0.15, 0.2) is 6.33 Å². The molecule has 1 aromatic rings. The van der Waals surface area contributed by atoms with Gasteiger partial charge in [0, 0.05) is 6.04 Å². The number of nitrogens with zero attached hydrogens (tertiary/aromatic N) is 3. The van der Waals surface area contributed by atoms with Crippen LogP contribution in [-0.2, 0) is 9.53 Å². The third-order valence-corrected chi connectivity index (χ3v) is 3.93. The predicted molar refractivity (Wildman–Crippen MR) is 75.9 cm³/mol. The topological polar surface area (TPSA) is 107 Å². The molecule has 7 nitrogen and oxygen atoms in total. The molecule has 20 heavy (non-hydrogen) atoms. The molecule has 0 bridgehead atoms. The molecule has 2 atom stereocenters. The lowest BCUT2D eigenvalue weighted by atomic mass is 9.85. The van der Waals surface area contributed by atoms with E-state index in [0.29, 0.717) is 12.2 Å². The van der Waals surface area contributed by atoms with Gasteiger partial charge in [-0.1, -0.05) is 18.0 Å². The molecule has 1 heterocycles. The van der Waals surface area contributed by atoms with Gasteiger partial charge in [-0.15, -0.1) is 0 Å². The summed E-state index contributed by atoms with van der Waals surface area (Å²) in [6.45, 7) is 0. The maximum Gasteiger partial charge on any atom is 0.308 e. The number of methoxy groups -OCH3 is 1. The van der Waals surface area contributed by atoms with E-state index in [4.69, 9.17) is 27.9 Å². The van der Waals surface area contributed by atoms with Gasteiger partial charge in [-0.05, 0) is 19.3 Å². The molecule has 110 valence electrons. The first kappa shape index (κ1) is 14.8. The Labute approximate surface area is 122 Å². The summed E-state index contributed by atoms with van der Waals surface area (Å²) >= 11 is 5.87. The highest BCUT2D eigenvalue weighted by Crippen LogP contribution is 2.32. The maximum absolute atomic E-state index is 11.6. The number of carbonyl (C=O) groups excluding carboxylic acids is 1. The molecule has 1 aliphatic rings. The smallest absolute Gasteiger partial charge is 0.308 e. The zero-order valence-corrected chi connectivity index (χ0v) is 12.0. The molecule has 1 aliphatic carbocycles. The Morgan fingerprint density at radius 3 is 2.95 bits per heavy atom. The number of nitrogen functional groups attached to an aromatic ring is 1. The second kappa shape index (κ2) is 6.23. The van der Waals surface area contributed by atoms with Crippen molar-refractivity contribution in [3.05, 3.63) is 11.5 Å². The summed E-state index contributed by atoms with van der Waals surface area (Å²) in [7, 11) is 1.40. The van der Waals surface area contributed by atoms with Gasteiger partial charge in [-0.25, -0.2) is 15.8 Å². The van der Waals surface area contributed by atoms with Crippen LogP contribution >= 0.6 is 11.6 Å². The minimum absolute atomic E-state index is 0.0267. The van der Waals surface area contributed by atoms with Gasteiger partial charge in [-0.3, -0.25) is 9.80 Å². The lowest BCUT2D eigenvalue weighted by Crippen LogP contribution is -2.46. The summed E-state index contributed by atoms with van der Waals surface area (Å²) < 4.78 is 4.80. The number of aromatic nitrogens is 2. The van der Waals surface area contributed by atoms with Crippen LogP contribution in [0.25, 0.3) is 0 Å². The first-order valence-corrected chi connectivity index (χ1v) is 6.80. The Morgan fingerprint density at radius 2 is 2.25 bits per heavy atom. The van der Waals surface area contributed by atoms with Gasteiger partial charge in [0.2, 0.25) is 0 Å². The minimum Gasteiger partial charge on any atom is -0.469 e. The Kier molecular flexibility index (Phi) is 4.61. The summed E-state index contributed by atoms with van der Waals surface area (Å²) in [4.78, 5) is 19.5. The molecule has 0 radical (unpaired) electrons. The zero-order chi connectivity index (χ0) is 14.7. The SMILES string of the molecule is COC(=O)C1CCCC(N(N)c2ncnc(Cl)c2N)C1. The first-order valence-electron chi connectivity index (χ1n) is 6.42. The van der Waals surface area contributed by atoms with Crippen LogP contribution in [0.5, 0.6) is 0 Å². The van der Waals surface area contributed by atoms with Gasteiger partial charge in [0.05, 0.1) is 13.0 Å². The number of esters is 1. The molecule has 2 unspecified atom stereocenters. The molecule has 1 fully saturated rings. The minimum atomic E-state index is -0.197. The van der Waals surface area contributed by atoms with E-state index in [-0.39, 0.29) is 28.8 Å². The van der Waals surface area contributed by atoms with Crippen molar-refractivity contribution < 1.29 is 9.53 Å². The molecular weight excluding hydrogens is 282 g/mol. The molecule has 0 amide bonds. The number of hydrogen-bond donors (Lipinski definition) is 2. The van der Waals surface area contributed by atoms with E-state index in [2.05, 4.69) is 9.97 Å². The number of anilines is 2. The maximum atomic E-state index is 11.6. The van der Waals surface area contributed by atoms with Crippen LogP contribution in [0.4, 0.5) is 11.5 Å². The Bertz CT molecular complexity index is 499. The van der Waals surface area contributed by atoms with Crippen LogP contribution in [0.3, 0.4) is 0 Å². The van der Waals surface area contributed by atoms with Crippen molar-refractivity contribution in [3.8, 4) is 0 Å². The number of halogens is 1. The van der Waals surface area contributed by atoms with Crippen LogP contribution in [0, 0.1) is 5.92 Å². The normalized spacial score (nSPS) is 22.4. The lowest BCUT2D eigenvalue weighted by molar-refractivity contribution is -0.146. The van der Waals surface area contributed by atoms with Crippen molar-refractivity contribution in [2.45, 2.75) is 31.7 Å². The van der Waals surface area contributed by atoms with Crippen molar-refractivity contribution in [2.24, 2.45) is 11.8 Å². The van der Waals surface area contributed by atoms with Crippen LogP contribution < -0.4 is 16.6 Å². The van der Waals surface area contributed by atoms with E-state index in [0.717, 1.165) is 19.3 Å². The van der Waals surface area contributed by atoms with Gasteiger partial charge in [-0.2, -0.15) is 0 Å². The second-order valence-electron chi connectivity index (χ2n) is 4.85. The quantitative estimate of drug-likeness (QED) is 0.373. The molecule has 0 saturated heterocycles. The monoisotopic (exact) mass is 299 g/mol. The summed E-state index contributed by atoms with van der Waals surface area (Å²) in [5.41, 5.74) is 6.09. The highest BCUT2D eigenvalue weighted by Gasteiger charge is 2.31. The fourth-order valence-corrected chi connectivity index (χ4v) is 2.67. The van der Waals surface area contributed by atoms with Crippen molar-refractivity contribution in [3.63, 3.8) is 0 Å². The molecule has 1 aromatic heterocycles. The Balaban J connectivity index is 2.14. The van der Waals surface area contributed by atoms with Crippen molar-refractivity contribution in [1.29, 1.82) is 0 Å². The number of hydrogen-bond acceptors (Lipinski definition) is 7. The summed E-state index contributed by atoms with van der Waals surface area (Å²) in [6, 6.07) is -0.0267. The van der Waals surface area contributed by atoms with E-state index in [1.54, 1.807) is 0 Å². The number of hydrazine groups is 1. The van der Waals surface area contributed by atoms with Gasteiger partial charge in [0.1, 0.15) is 12.0 Å². The molecule has 0 aromatic carbocycles. The van der Waals surface area contributed by atoms with E-state index in [9.17, 15) is 4.79 Å². The number of nitrogens with two attached hydrogens (primary N) is 2. The summed E-state index contributed by atoms with van der Waals surface area (Å²) in [5, 5.41) is 1.66. The highest BCUT2D eigenvalue weighted by atomic mass is 35.5. The fourth-order valence-electron chi connectivity index (χ4n) is 2.54. The predicted octanol–water partition coefficient (Wildman–Crippen LogP) is 1.12. The van der Waals surface area contributed by atoms with E-state index >= 15 is 0 Å². The van der Waals surface area contributed by atoms with Gasteiger partial charge >= 0.3 is 5.97 Å². The summed E-state index contributed by atoms with van der Waals surface area (Å²) in [6.07, 6.45) is 4.51. The van der Waals surface area contributed by atoms with E-state index < -0.39 is 0 Å². The highest BCUT2D eigenvalue weighted by molar-refractivity contribution is 6.32. The molecule has 0 spiro atoms. The number of carbonyl (C=O) groups is 1. The first-order chi connectivity index (χ1) is 9.54. The fraction of sp³-hybridized carbons (Fsp3) is 0.583. The van der Waals surface area contributed by atoms with E-state index in [1.165, 1.54) is 18.4 Å². The van der Waals surface area contributed by atoms with Crippen LogP contribution in [0.2, 0.25) is 5.15 Å². The van der Waals surface area contributed by atoms with Crippen molar-refractivity contribution >= 4 is 29.1 Å². The zero-order valence-electron chi connectivity index (χ0n) is 11.3. The standard InChI is InChI=1S/C12H18ClN5O2/c1-20-12(19)7-3-2-4-8(5-7)18(15)11-9(14)10(13)16-6-17-11/h6-8H,2-5,14-15H2,1H3. The molecule has 1 saturated carbocycles. The summed E-state index contributed by atoms with van der Waals surface area (Å²) in [5.74, 6) is 6.15. The van der Waals surface area contributed by atoms with Gasteiger partial charge in [0.25, 0.3) is 0 Å². The number of rotatable bonds is 3. The molecular formula is C12H18ClN5O2. The molecule has 0 aliphatic heterocycles. The van der Waals surface area contributed by atoms with Crippen molar-refractivity contribution in [1.82, 2.24) is 9.97 Å². The van der Waals surface area contributed by atoms with Gasteiger partial charge < -0.3 is 10.5 Å². The molecule has 4 N–H and O–H groups in total. The third kappa shape index (κ3) is 2.94. The molecule has 8 heteroatoms. The Hall–Kier alpha value is -1.60. The van der Waals surface area contributed by atoms with E-state index in [1.807, 2.05) is 0 Å². The van der Waals surface area contributed by atoms with Crippen LogP contribution in [-0.4, -0.2) is 29.1 Å². The molecule has 2 rings (SSSR count). The second-order valence-corrected chi connectivity index (χ2v) is 5.21. The van der Waals surface area contributed by atoms with Crippen molar-refractivity contribution in [2.75, 3.05) is 17.9 Å². The van der Waals surface area contributed by atoms with Crippen LogP contribution in [0.1, 0.15) is 25.7 Å². The average Bonchev–Trinajstić information content (AvgIpc) is 2.48. The Morgan fingerprint density at radius 1 is 1.50 bits per heavy atom. The average molecular weight is 300 g/mol. The van der Waals surface area contributed by atoms with Gasteiger partial charge in [0.15, 0.2) is 11.0 Å².